The summed E-state index contributed by atoms with van der Waals surface area (Å²) in [6.45, 7) is -0.145. The van der Waals surface area contributed by atoms with Crippen molar-refractivity contribution in [3.63, 3.8) is 0 Å². The summed E-state index contributed by atoms with van der Waals surface area (Å²) in [5, 5.41) is -0.708. The van der Waals surface area contributed by atoms with E-state index in [1.807, 2.05) is 0 Å². The third-order valence-electron chi connectivity index (χ3n) is 3.70. The second-order valence-electron chi connectivity index (χ2n) is 5.02. The smallest absolute Gasteiger partial charge is 0.228 e. The molecule has 0 amide bonds. The molecule has 2 bridgehead atoms. The molecule has 0 aromatic heterocycles. The molecule has 110 valence electrons. The number of hydrogen-bond donors (Lipinski definition) is 0. The van der Waals surface area contributed by atoms with Gasteiger partial charge in [0.25, 0.3) is 0 Å². The highest BCUT2D eigenvalue weighted by atomic mass is 32.2. The average Bonchev–Trinajstić information content (AvgIpc) is 2.83. The molecule has 2 unspecified atom stereocenters. The lowest BCUT2D eigenvalue weighted by Crippen LogP contribution is -2.44. The molecular formula is C11H11F2NO4S2. The van der Waals surface area contributed by atoms with E-state index in [1.165, 1.54) is 0 Å². The Bertz CT molecular complexity index is 755. The normalized spacial score (nSPS) is 28.9. The van der Waals surface area contributed by atoms with Crippen LogP contribution < -0.4 is 0 Å². The summed E-state index contributed by atoms with van der Waals surface area (Å²) in [6.07, 6.45) is 0.249. The van der Waals surface area contributed by atoms with E-state index in [1.54, 1.807) is 0 Å². The monoisotopic (exact) mass is 323 g/mol. The predicted octanol–water partition coefficient (Wildman–Crippen LogP) is 0.525. The van der Waals surface area contributed by atoms with Crippen LogP contribution in [0.1, 0.15) is 6.42 Å². The van der Waals surface area contributed by atoms with Crippen molar-refractivity contribution in [2.75, 3.05) is 12.3 Å². The molecule has 2 atom stereocenters. The minimum atomic E-state index is -4.08. The number of hydrogen-bond acceptors (Lipinski definition) is 4. The van der Waals surface area contributed by atoms with E-state index in [-0.39, 0.29) is 18.7 Å². The second kappa shape index (κ2) is 4.22. The van der Waals surface area contributed by atoms with Gasteiger partial charge in [0.05, 0.1) is 15.9 Å². The summed E-state index contributed by atoms with van der Waals surface area (Å²) in [4.78, 5) is -0.486. The van der Waals surface area contributed by atoms with Crippen molar-refractivity contribution in [3.8, 4) is 0 Å². The topological polar surface area (TPSA) is 71.5 Å². The van der Waals surface area contributed by atoms with Crippen molar-refractivity contribution < 1.29 is 25.6 Å². The van der Waals surface area contributed by atoms with E-state index >= 15 is 0 Å². The number of rotatable bonds is 2. The van der Waals surface area contributed by atoms with E-state index in [9.17, 15) is 25.6 Å². The first-order chi connectivity index (χ1) is 9.20. The summed E-state index contributed by atoms with van der Waals surface area (Å²) in [5.74, 6) is -2.20. The zero-order valence-electron chi connectivity index (χ0n) is 10.2. The Morgan fingerprint density at radius 3 is 2.20 bits per heavy atom. The van der Waals surface area contributed by atoms with Crippen LogP contribution in [0.4, 0.5) is 8.78 Å². The van der Waals surface area contributed by atoms with Gasteiger partial charge in [0.15, 0.2) is 9.84 Å². The Morgan fingerprint density at radius 2 is 1.75 bits per heavy atom. The molecule has 2 heterocycles. The van der Waals surface area contributed by atoms with Gasteiger partial charge in [-0.3, -0.25) is 0 Å². The number of nitrogens with zero attached hydrogens (tertiary/aromatic N) is 1. The summed E-state index contributed by atoms with van der Waals surface area (Å²) >= 11 is 0. The Kier molecular flexibility index (Phi) is 2.93. The fourth-order valence-corrected chi connectivity index (χ4v) is 6.71. The molecule has 3 rings (SSSR count). The van der Waals surface area contributed by atoms with Crippen LogP contribution in [0.3, 0.4) is 0 Å². The van der Waals surface area contributed by atoms with Crippen molar-refractivity contribution in [3.05, 3.63) is 29.8 Å². The van der Waals surface area contributed by atoms with E-state index in [2.05, 4.69) is 0 Å². The van der Waals surface area contributed by atoms with Gasteiger partial charge in [-0.2, -0.15) is 4.31 Å². The van der Waals surface area contributed by atoms with Crippen LogP contribution in [0.5, 0.6) is 0 Å². The molecule has 0 radical (unpaired) electrons. The quantitative estimate of drug-likeness (QED) is 0.796. The number of benzene rings is 1. The molecule has 0 aliphatic carbocycles. The van der Waals surface area contributed by atoms with Crippen molar-refractivity contribution in [2.24, 2.45) is 0 Å². The van der Waals surface area contributed by atoms with Crippen molar-refractivity contribution in [1.29, 1.82) is 0 Å². The first-order valence-corrected chi connectivity index (χ1v) is 9.05. The SMILES string of the molecule is O=S1(=O)CC2CC1CN2S(=O)(=O)c1cc(F)cc(F)c1. The Hall–Kier alpha value is -1.06. The van der Waals surface area contributed by atoms with E-state index < -0.39 is 47.7 Å². The average molecular weight is 323 g/mol. The number of sulfone groups is 1. The van der Waals surface area contributed by atoms with Gasteiger partial charge in [-0.15, -0.1) is 0 Å². The van der Waals surface area contributed by atoms with Gasteiger partial charge in [-0.05, 0) is 18.6 Å². The first-order valence-electron chi connectivity index (χ1n) is 5.90. The molecule has 2 aliphatic heterocycles. The van der Waals surface area contributed by atoms with Gasteiger partial charge >= 0.3 is 0 Å². The second-order valence-corrected chi connectivity index (χ2v) is 9.24. The van der Waals surface area contributed by atoms with Crippen LogP contribution in [0.25, 0.3) is 0 Å². The van der Waals surface area contributed by atoms with Crippen LogP contribution in [0, 0.1) is 11.6 Å². The molecule has 5 nitrogen and oxygen atoms in total. The fourth-order valence-electron chi connectivity index (χ4n) is 2.77. The van der Waals surface area contributed by atoms with Crippen LogP contribution >= 0.6 is 0 Å². The molecule has 0 spiro atoms. The predicted molar refractivity (Wildman–Crippen MR) is 66.2 cm³/mol. The zero-order chi connectivity index (χ0) is 14.7. The maximum absolute atomic E-state index is 13.1. The van der Waals surface area contributed by atoms with E-state index in [0.717, 1.165) is 16.4 Å². The lowest BCUT2D eigenvalue weighted by Gasteiger charge is -2.26. The van der Waals surface area contributed by atoms with E-state index in [0.29, 0.717) is 6.07 Å². The summed E-state index contributed by atoms with van der Waals surface area (Å²) < 4.78 is 75.2. The van der Waals surface area contributed by atoms with Crippen LogP contribution in [-0.4, -0.2) is 44.7 Å². The fraction of sp³-hybridized carbons (Fsp3) is 0.455. The molecular weight excluding hydrogens is 312 g/mol. The van der Waals surface area contributed by atoms with Crippen molar-refractivity contribution in [2.45, 2.75) is 22.6 Å². The van der Waals surface area contributed by atoms with Gasteiger partial charge in [-0.1, -0.05) is 0 Å². The maximum atomic E-state index is 13.1. The van der Waals surface area contributed by atoms with Gasteiger partial charge in [-0.25, -0.2) is 25.6 Å². The third-order valence-corrected chi connectivity index (χ3v) is 7.80. The minimum absolute atomic E-state index is 0.145. The number of halogens is 2. The molecule has 9 heteroatoms. The van der Waals surface area contributed by atoms with Gasteiger partial charge in [0.1, 0.15) is 11.6 Å². The molecule has 2 aliphatic rings. The standard InChI is InChI=1S/C11H11F2NO4S2/c12-7-1-8(13)3-10(2-7)20(17,18)14-5-11-4-9(14)6-19(11,15)16/h1-3,9,11H,4-6H2. The molecule has 0 saturated carbocycles. The summed E-state index contributed by atoms with van der Waals surface area (Å²) in [5.41, 5.74) is 0. The Morgan fingerprint density at radius 1 is 1.15 bits per heavy atom. The minimum Gasteiger partial charge on any atom is -0.228 e. The maximum Gasteiger partial charge on any atom is 0.243 e. The van der Waals surface area contributed by atoms with Crippen LogP contribution in [0.2, 0.25) is 0 Å². The molecule has 2 fully saturated rings. The molecule has 20 heavy (non-hydrogen) atoms. The highest BCUT2D eigenvalue weighted by molar-refractivity contribution is 7.93. The van der Waals surface area contributed by atoms with Gasteiger partial charge < -0.3 is 0 Å². The first kappa shape index (κ1) is 13.9. The van der Waals surface area contributed by atoms with Crippen molar-refractivity contribution in [1.82, 2.24) is 4.31 Å². The van der Waals surface area contributed by atoms with Crippen LogP contribution in [-0.2, 0) is 19.9 Å². The van der Waals surface area contributed by atoms with Gasteiger partial charge in [0, 0.05) is 18.7 Å². The molecule has 1 aromatic rings. The highest BCUT2D eigenvalue weighted by Gasteiger charge is 2.52. The number of fused-ring (bicyclic) bond motifs is 2. The molecule has 2 saturated heterocycles. The Balaban J connectivity index is 1.99. The highest BCUT2D eigenvalue weighted by Crippen LogP contribution is 2.36. The largest absolute Gasteiger partial charge is 0.243 e. The lowest BCUT2D eigenvalue weighted by atomic mass is 10.3. The van der Waals surface area contributed by atoms with E-state index in [4.69, 9.17) is 0 Å². The Labute approximate surface area is 115 Å². The molecule has 0 N–H and O–H groups in total. The summed E-state index contributed by atoms with van der Waals surface area (Å²) in [7, 11) is -7.31. The van der Waals surface area contributed by atoms with Crippen LogP contribution in [0.15, 0.2) is 23.1 Å². The van der Waals surface area contributed by atoms with Crippen molar-refractivity contribution >= 4 is 19.9 Å². The van der Waals surface area contributed by atoms with Gasteiger partial charge in [0.2, 0.25) is 10.0 Å². The lowest BCUT2D eigenvalue weighted by molar-refractivity contribution is 0.401. The molecule has 1 aromatic carbocycles. The summed E-state index contributed by atoms with van der Waals surface area (Å²) in [6, 6.07) is 1.42. The zero-order valence-corrected chi connectivity index (χ0v) is 11.8. The number of sulfonamides is 1. The third kappa shape index (κ3) is 2.04.